The van der Waals surface area contributed by atoms with Crippen molar-refractivity contribution in [1.82, 2.24) is 4.90 Å². The Morgan fingerprint density at radius 3 is 2.79 bits per heavy atom. The number of benzene rings is 1. The first kappa shape index (κ1) is 29.5. The molecule has 7 nitrogen and oxygen atoms in total. The summed E-state index contributed by atoms with van der Waals surface area (Å²) in [4.78, 5) is 27.3. The fourth-order valence-electron chi connectivity index (χ4n) is 6.37. The lowest BCUT2D eigenvalue weighted by molar-refractivity contribution is -0.149. The van der Waals surface area contributed by atoms with Gasteiger partial charge in [0.25, 0.3) is 0 Å². The number of morpholine rings is 1. The van der Waals surface area contributed by atoms with E-state index in [1.807, 2.05) is 17.1 Å². The molecule has 3 unspecified atom stereocenters. The van der Waals surface area contributed by atoms with E-state index in [9.17, 15) is 14.7 Å². The van der Waals surface area contributed by atoms with Crippen LogP contribution in [0.4, 0.5) is 0 Å². The highest BCUT2D eigenvalue weighted by atomic mass is 16.5. The summed E-state index contributed by atoms with van der Waals surface area (Å²) in [6.07, 6.45) is 13.1. The molecular weight excluding hydrogens is 494 g/mol. The van der Waals surface area contributed by atoms with Gasteiger partial charge in [0.05, 0.1) is 20.3 Å². The van der Waals surface area contributed by atoms with Crippen molar-refractivity contribution in [2.24, 2.45) is 11.8 Å². The smallest absolute Gasteiger partial charge is 0.323 e. The number of hydrogen-bond acceptors (Lipinski definition) is 6. The normalized spacial score (nSPS) is 24.0. The Hall–Kier alpha value is -2.48. The van der Waals surface area contributed by atoms with Crippen LogP contribution in [-0.2, 0) is 31.9 Å². The molecule has 1 N–H and O–H groups in total. The topological polar surface area (TPSA) is 85.3 Å². The quantitative estimate of drug-likeness (QED) is 0.392. The standard InChI is InChI=1S/C32H45NO6/c1-4-22-15-23-10-8-11-25(20-33-12-14-39-21-29(33)32(35)36)30(34)18-27(23)28-19-31(38-3)24(17-26(28)16-22)9-6-5-7-13-37-2/h11,17-19,22-23,29H,4-10,12-16,20-21H2,1-3H3,(H,35,36). The lowest BCUT2D eigenvalue weighted by Crippen LogP contribution is -2.50. The minimum Gasteiger partial charge on any atom is -0.496 e. The van der Waals surface area contributed by atoms with Crippen LogP contribution in [0.3, 0.4) is 0 Å². The average Bonchev–Trinajstić information content (AvgIpc) is 3.07. The molecular formula is C32H45NO6. The number of aryl methyl sites for hydroxylation is 1. The number of carboxylic acid groups (broad SMARTS) is 1. The molecule has 7 heteroatoms. The first-order valence-corrected chi connectivity index (χ1v) is 14.6. The van der Waals surface area contributed by atoms with Crippen molar-refractivity contribution in [2.75, 3.05) is 47.1 Å². The summed E-state index contributed by atoms with van der Waals surface area (Å²) >= 11 is 0. The average molecular weight is 540 g/mol. The summed E-state index contributed by atoms with van der Waals surface area (Å²) in [6.45, 7) is 4.54. The Kier molecular flexibility index (Phi) is 10.8. The molecule has 0 spiro atoms. The van der Waals surface area contributed by atoms with E-state index in [0.717, 1.165) is 81.3 Å². The Balaban J connectivity index is 1.63. The third-order valence-electron chi connectivity index (χ3n) is 8.66. The molecule has 1 aromatic carbocycles. The largest absolute Gasteiger partial charge is 0.496 e. The van der Waals surface area contributed by atoms with Gasteiger partial charge in [-0.05, 0) is 91.2 Å². The van der Waals surface area contributed by atoms with Gasteiger partial charge in [-0.15, -0.1) is 0 Å². The molecule has 1 aromatic rings. The maximum Gasteiger partial charge on any atom is 0.323 e. The van der Waals surface area contributed by atoms with Crippen LogP contribution in [0.25, 0.3) is 5.57 Å². The number of allylic oxidation sites excluding steroid dienone is 3. The minimum absolute atomic E-state index is 0.00702. The molecule has 2 aliphatic carbocycles. The zero-order valence-electron chi connectivity index (χ0n) is 23.9. The van der Waals surface area contributed by atoms with Crippen LogP contribution in [0.5, 0.6) is 5.75 Å². The van der Waals surface area contributed by atoms with Crippen molar-refractivity contribution in [3.8, 4) is 5.75 Å². The third-order valence-corrected chi connectivity index (χ3v) is 8.66. The van der Waals surface area contributed by atoms with Gasteiger partial charge in [-0.2, -0.15) is 0 Å². The number of methoxy groups -OCH3 is 2. The van der Waals surface area contributed by atoms with Gasteiger partial charge in [-0.3, -0.25) is 14.5 Å². The molecule has 0 aromatic heterocycles. The Labute approximate surface area is 233 Å². The molecule has 1 saturated heterocycles. The molecule has 0 bridgehead atoms. The van der Waals surface area contributed by atoms with Crippen LogP contribution >= 0.6 is 0 Å². The summed E-state index contributed by atoms with van der Waals surface area (Å²) in [5.74, 6) is 0.880. The predicted molar refractivity (Wildman–Crippen MR) is 152 cm³/mol. The van der Waals surface area contributed by atoms with Crippen molar-refractivity contribution in [3.63, 3.8) is 0 Å². The van der Waals surface area contributed by atoms with E-state index in [-0.39, 0.29) is 12.4 Å². The van der Waals surface area contributed by atoms with Crippen LogP contribution < -0.4 is 4.74 Å². The Morgan fingerprint density at radius 1 is 1.21 bits per heavy atom. The Morgan fingerprint density at radius 2 is 2.05 bits per heavy atom. The van der Waals surface area contributed by atoms with Gasteiger partial charge in [0.15, 0.2) is 5.78 Å². The number of aliphatic carboxylic acids is 1. The summed E-state index contributed by atoms with van der Waals surface area (Å²) < 4.78 is 16.5. The highest BCUT2D eigenvalue weighted by Gasteiger charge is 2.33. The second kappa shape index (κ2) is 14.2. The van der Waals surface area contributed by atoms with Crippen molar-refractivity contribution in [3.05, 3.63) is 46.5 Å². The van der Waals surface area contributed by atoms with Crippen LogP contribution in [0.2, 0.25) is 0 Å². The highest BCUT2D eigenvalue weighted by Crippen LogP contribution is 2.43. The van der Waals surface area contributed by atoms with E-state index < -0.39 is 12.0 Å². The molecule has 214 valence electrons. The second-order valence-corrected chi connectivity index (χ2v) is 11.2. The number of ether oxygens (including phenoxy) is 3. The fraction of sp³-hybridized carbons (Fsp3) is 0.625. The van der Waals surface area contributed by atoms with E-state index in [1.54, 1.807) is 14.2 Å². The van der Waals surface area contributed by atoms with Gasteiger partial charge in [0, 0.05) is 32.4 Å². The minimum atomic E-state index is -0.906. The summed E-state index contributed by atoms with van der Waals surface area (Å²) in [7, 11) is 3.48. The third kappa shape index (κ3) is 7.38. The zero-order chi connectivity index (χ0) is 27.8. The van der Waals surface area contributed by atoms with E-state index in [0.29, 0.717) is 37.1 Å². The van der Waals surface area contributed by atoms with Crippen molar-refractivity contribution in [2.45, 2.75) is 70.8 Å². The maximum absolute atomic E-state index is 13.7. The number of hydrogen-bond donors (Lipinski definition) is 1. The predicted octanol–water partition coefficient (Wildman–Crippen LogP) is 5.10. The number of fused-ring (bicyclic) bond motifs is 3. The summed E-state index contributed by atoms with van der Waals surface area (Å²) in [5, 5.41) is 9.66. The number of ketones is 1. The van der Waals surface area contributed by atoms with Crippen molar-refractivity contribution >= 4 is 17.3 Å². The maximum atomic E-state index is 13.7. The van der Waals surface area contributed by atoms with Crippen LogP contribution in [0.15, 0.2) is 29.9 Å². The molecule has 0 radical (unpaired) electrons. The van der Waals surface area contributed by atoms with Gasteiger partial charge < -0.3 is 19.3 Å². The van der Waals surface area contributed by atoms with Gasteiger partial charge in [0.1, 0.15) is 11.8 Å². The molecule has 4 rings (SSSR count). The monoisotopic (exact) mass is 539 g/mol. The van der Waals surface area contributed by atoms with Crippen LogP contribution in [-0.4, -0.2) is 74.9 Å². The molecule has 0 amide bonds. The summed E-state index contributed by atoms with van der Waals surface area (Å²) in [6, 6.07) is 3.79. The van der Waals surface area contributed by atoms with E-state index in [2.05, 4.69) is 19.1 Å². The summed E-state index contributed by atoms with van der Waals surface area (Å²) in [5.41, 5.74) is 5.53. The molecule has 1 aliphatic heterocycles. The Bertz CT molecular complexity index is 1080. The van der Waals surface area contributed by atoms with Crippen LogP contribution in [0, 0.1) is 11.8 Å². The molecule has 3 aliphatic rings. The molecule has 1 heterocycles. The van der Waals surface area contributed by atoms with Crippen molar-refractivity contribution in [1.29, 1.82) is 0 Å². The van der Waals surface area contributed by atoms with E-state index in [4.69, 9.17) is 14.2 Å². The number of carboxylic acids is 1. The van der Waals surface area contributed by atoms with E-state index in [1.165, 1.54) is 11.1 Å². The first-order chi connectivity index (χ1) is 18.9. The molecule has 0 saturated carbocycles. The van der Waals surface area contributed by atoms with Crippen LogP contribution in [0.1, 0.15) is 68.6 Å². The fourth-order valence-corrected chi connectivity index (χ4v) is 6.37. The zero-order valence-corrected chi connectivity index (χ0v) is 23.9. The van der Waals surface area contributed by atoms with E-state index >= 15 is 0 Å². The molecule has 3 atom stereocenters. The number of rotatable bonds is 11. The SMILES string of the molecule is CCC1Cc2cc(CCCCCOC)c(OC)cc2C2=CC(=O)C(CN3CCOCC3C(=O)O)=CCCC2C1. The first-order valence-electron chi connectivity index (χ1n) is 14.6. The van der Waals surface area contributed by atoms with Gasteiger partial charge in [-0.25, -0.2) is 0 Å². The van der Waals surface area contributed by atoms with Gasteiger partial charge in [0.2, 0.25) is 0 Å². The lowest BCUT2D eigenvalue weighted by atomic mass is 9.81. The number of carbonyl (C=O) groups is 2. The lowest BCUT2D eigenvalue weighted by Gasteiger charge is -2.33. The number of carbonyl (C=O) groups excluding carboxylic acids is 1. The van der Waals surface area contributed by atoms with Gasteiger partial charge in [-0.1, -0.05) is 31.9 Å². The molecule has 39 heavy (non-hydrogen) atoms. The number of nitrogens with zero attached hydrogens (tertiary/aromatic N) is 1. The van der Waals surface area contributed by atoms with Crippen molar-refractivity contribution < 1.29 is 28.9 Å². The number of unbranched alkanes of at least 4 members (excludes halogenated alkanes) is 2. The van der Waals surface area contributed by atoms with Gasteiger partial charge >= 0.3 is 5.97 Å². The second-order valence-electron chi connectivity index (χ2n) is 11.2. The highest BCUT2D eigenvalue weighted by molar-refractivity contribution is 6.09. The molecule has 1 fully saturated rings.